The van der Waals surface area contributed by atoms with E-state index in [1.807, 2.05) is 5.38 Å². The molecule has 158 valence electrons. The van der Waals surface area contributed by atoms with Gasteiger partial charge in [0.2, 0.25) is 0 Å². The third kappa shape index (κ3) is 4.43. The number of anilines is 1. The van der Waals surface area contributed by atoms with Gasteiger partial charge in [-0.25, -0.2) is 22.2 Å². The van der Waals surface area contributed by atoms with E-state index >= 15 is 0 Å². The molecule has 4 nitrogen and oxygen atoms in total. The van der Waals surface area contributed by atoms with Crippen LogP contribution in [0.4, 0.5) is 13.9 Å². The minimum atomic E-state index is -3.40. The van der Waals surface area contributed by atoms with Crippen molar-refractivity contribution in [3.63, 3.8) is 0 Å². The molecule has 0 atom stereocenters. The van der Waals surface area contributed by atoms with Crippen LogP contribution in [0.2, 0.25) is 0 Å². The molecule has 9 heteroatoms. The number of thiazole rings is 1. The molecule has 0 aliphatic carbocycles. The summed E-state index contributed by atoms with van der Waals surface area (Å²) in [5.74, 6) is -1.73. The monoisotopic (exact) mass is 512 g/mol. The molecule has 0 bridgehead atoms. The van der Waals surface area contributed by atoms with Gasteiger partial charge in [-0.1, -0.05) is 18.2 Å². The van der Waals surface area contributed by atoms with Crippen molar-refractivity contribution in [3.05, 3.63) is 75.2 Å². The summed E-state index contributed by atoms with van der Waals surface area (Å²) in [6.45, 7) is 1.21. The van der Waals surface area contributed by atoms with Crippen LogP contribution in [0.1, 0.15) is 24.1 Å². The number of hydrogen-bond donors (Lipinski definition) is 0. The number of halogens is 3. The Balaban J connectivity index is 1.41. The minimum absolute atomic E-state index is 0.339. The van der Waals surface area contributed by atoms with Crippen molar-refractivity contribution in [3.8, 4) is 0 Å². The van der Waals surface area contributed by atoms with Gasteiger partial charge in [-0.05, 0) is 58.6 Å². The molecule has 0 saturated carbocycles. The number of hydrogen-bond acceptors (Lipinski definition) is 5. The van der Waals surface area contributed by atoms with Crippen LogP contribution in [-0.2, 0) is 16.3 Å². The Morgan fingerprint density at radius 2 is 1.83 bits per heavy atom. The van der Waals surface area contributed by atoms with Gasteiger partial charge in [0.15, 0.2) is 26.6 Å². The fraction of sp³-hybridized carbons (Fsp3) is 0.286. The van der Waals surface area contributed by atoms with Crippen LogP contribution in [0.3, 0.4) is 0 Å². The first kappa shape index (κ1) is 21.4. The van der Waals surface area contributed by atoms with Gasteiger partial charge < -0.3 is 4.90 Å². The summed E-state index contributed by atoms with van der Waals surface area (Å²) in [5, 5.41) is 2.30. The Morgan fingerprint density at radius 1 is 1.10 bits per heavy atom. The van der Waals surface area contributed by atoms with Crippen molar-refractivity contribution in [1.29, 1.82) is 0 Å². The van der Waals surface area contributed by atoms with E-state index in [4.69, 9.17) is 0 Å². The fourth-order valence-electron chi connectivity index (χ4n) is 3.59. The third-order valence-electron chi connectivity index (χ3n) is 5.20. The van der Waals surface area contributed by atoms with Crippen LogP contribution in [0, 0.1) is 11.6 Å². The molecule has 0 radical (unpaired) electrons. The molecule has 1 fully saturated rings. The lowest BCUT2D eigenvalue weighted by molar-refractivity contribution is 0.507. The van der Waals surface area contributed by atoms with Gasteiger partial charge >= 0.3 is 0 Å². The molecule has 1 aromatic heterocycles. The lowest BCUT2D eigenvalue weighted by Crippen LogP contribution is -2.39. The van der Waals surface area contributed by atoms with Crippen molar-refractivity contribution in [1.82, 2.24) is 4.98 Å². The SMILES string of the molecule is O=S(=O)(c1ccccc1Br)C1CCN(c2nc(Cc3ccc(F)c(F)c3)cs2)CC1. The van der Waals surface area contributed by atoms with Crippen molar-refractivity contribution >= 4 is 42.2 Å². The summed E-state index contributed by atoms with van der Waals surface area (Å²) in [4.78, 5) is 7.04. The Bertz CT molecular complexity index is 1160. The fourth-order valence-corrected chi connectivity index (χ4v) is 7.23. The summed E-state index contributed by atoms with van der Waals surface area (Å²) in [6, 6.07) is 10.8. The highest BCUT2D eigenvalue weighted by Gasteiger charge is 2.33. The number of nitrogens with zero attached hydrogens (tertiary/aromatic N) is 2. The van der Waals surface area contributed by atoms with E-state index in [9.17, 15) is 17.2 Å². The van der Waals surface area contributed by atoms with E-state index < -0.39 is 26.7 Å². The molecule has 4 rings (SSSR count). The Hall–Kier alpha value is -1.84. The lowest BCUT2D eigenvalue weighted by Gasteiger charge is -2.31. The number of piperidine rings is 1. The van der Waals surface area contributed by atoms with Gasteiger partial charge in [0, 0.05) is 29.4 Å². The molecular weight excluding hydrogens is 494 g/mol. The molecule has 1 aliphatic rings. The number of aromatic nitrogens is 1. The smallest absolute Gasteiger partial charge is 0.185 e. The normalized spacial score (nSPS) is 15.5. The van der Waals surface area contributed by atoms with E-state index in [2.05, 4.69) is 25.8 Å². The van der Waals surface area contributed by atoms with Crippen molar-refractivity contribution in [2.45, 2.75) is 29.4 Å². The van der Waals surface area contributed by atoms with Gasteiger partial charge in [0.25, 0.3) is 0 Å². The largest absolute Gasteiger partial charge is 0.348 e. The second kappa shape index (κ2) is 8.72. The third-order valence-corrected chi connectivity index (χ3v) is 9.43. The van der Waals surface area contributed by atoms with Crippen molar-refractivity contribution in [2.24, 2.45) is 0 Å². The lowest BCUT2D eigenvalue weighted by atomic mass is 10.1. The zero-order chi connectivity index (χ0) is 21.3. The first-order chi connectivity index (χ1) is 14.3. The predicted octanol–water partition coefficient (Wildman–Crippen LogP) is 5.22. The number of benzene rings is 2. The maximum absolute atomic E-state index is 13.4. The average molecular weight is 513 g/mol. The van der Waals surface area contributed by atoms with Crippen LogP contribution in [0.25, 0.3) is 0 Å². The zero-order valence-corrected chi connectivity index (χ0v) is 19.1. The summed E-state index contributed by atoms with van der Waals surface area (Å²) < 4.78 is 53.1. The number of rotatable bonds is 5. The van der Waals surface area contributed by atoms with Gasteiger partial charge in [-0.2, -0.15) is 0 Å². The van der Waals surface area contributed by atoms with Crippen LogP contribution >= 0.6 is 27.3 Å². The van der Waals surface area contributed by atoms with E-state index in [1.54, 1.807) is 30.3 Å². The van der Waals surface area contributed by atoms with Crippen LogP contribution in [0.15, 0.2) is 57.2 Å². The molecule has 30 heavy (non-hydrogen) atoms. The summed E-state index contributed by atoms with van der Waals surface area (Å²) in [7, 11) is -3.40. The summed E-state index contributed by atoms with van der Waals surface area (Å²) >= 11 is 4.82. The molecule has 2 heterocycles. The molecular formula is C21H19BrF2N2O2S2. The average Bonchev–Trinajstić information content (AvgIpc) is 3.19. The Labute approximate surface area is 186 Å². The van der Waals surface area contributed by atoms with Crippen molar-refractivity contribution < 1.29 is 17.2 Å². The molecule has 1 aliphatic heterocycles. The standard InChI is InChI=1S/C21H19BrF2N2O2S2/c22-17-3-1-2-4-20(17)30(27,28)16-7-9-26(10-8-16)21-25-15(13-29-21)11-14-5-6-18(23)19(24)12-14/h1-6,12-13,16H,7-11H2. The van der Waals surface area contributed by atoms with Crippen LogP contribution in [0.5, 0.6) is 0 Å². The first-order valence-electron chi connectivity index (χ1n) is 9.46. The van der Waals surface area contributed by atoms with Gasteiger partial charge in [0.1, 0.15) is 0 Å². The highest BCUT2D eigenvalue weighted by Crippen LogP contribution is 2.32. The second-order valence-electron chi connectivity index (χ2n) is 7.21. The second-order valence-corrected chi connectivity index (χ2v) is 11.1. The maximum Gasteiger partial charge on any atom is 0.185 e. The maximum atomic E-state index is 13.4. The topological polar surface area (TPSA) is 50.3 Å². The Kier molecular flexibility index (Phi) is 6.22. The molecule has 3 aromatic rings. The molecule has 0 spiro atoms. The van der Waals surface area contributed by atoms with E-state index in [0.717, 1.165) is 16.9 Å². The van der Waals surface area contributed by atoms with E-state index in [0.29, 0.717) is 47.3 Å². The number of sulfone groups is 1. The first-order valence-corrected chi connectivity index (χ1v) is 12.7. The Morgan fingerprint density at radius 3 is 2.53 bits per heavy atom. The highest BCUT2D eigenvalue weighted by molar-refractivity contribution is 9.10. The summed E-state index contributed by atoms with van der Waals surface area (Å²) in [5.41, 5.74) is 1.44. The molecule has 0 N–H and O–H groups in total. The van der Waals surface area contributed by atoms with Gasteiger partial charge in [-0.3, -0.25) is 0 Å². The van der Waals surface area contributed by atoms with E-state index in [-0.39, 0.29) is 0 Å². The van der Waals surface area contributed by atoms with Crippen molar-refractivity contribution in [2.75, 3.05) is 18.0 Å². The minimum Gasteiger partial charge on any atom is -0.348 e. The van der Waals surface area contributed by atoms with Crippen LogP contribution < -0.4 is 4.90 Å². The molecule has 0 amide bonds. The highest BCUT2D eigenvalue weighted by atomic mass is 79.9. The summed E-state index contributed by atoms with van der Waals surface area (Å²) in [6.07, 6.45) is 1.48. The van der Waals surface area contributed by atoms with Gasteiger partial charge in [-0.15, -0.1) is 11.3 Å². The predicted molar refractivity (Wildman–Crippen MR) is 118 cm³/mol. The molecule has 1 saturated heterocycles. The van der Waals surface area contributed by atoms with Gasteiger partial charge in [0.05, 0.1) is 15.8 Å². The van der Waals surface area contributed by atoms with E-state index in [1.165, 1.54) is 17.4 Å². The molecule has 0 unspecified atom stereocenters. The zero-order valence-electron chi connectivity index (χ0n) is 15.9. The molecule has 2 aromatic carbocycles. The quantitative estimate of drug-likeness (QED) is 0.470. The van der Waals surface area contributed by atoms with Crippen LogP contribution in [-0.4, -0.2) is 31.7 Å².